The molecule has 3 rings (SSSR count). The van der Waals surface area contributed by atoms with E-state index in [1.807, 2.05) is 12.1 Å². The van der Waals surface area contributed by atoms with Crippen LogP contribution in [0.4, 0.5) is 5.69 Å². The van der Waals surface area contributed by atoms with Crippen LogP contribution in [-0.2, 0) is 11.2 Å². The average Bonchev–Trinajstić information content (AvgIpc) is 3.13. The molecule has 1 N–H and O–H groups in total. The van der Waals surface area contributed by atoms with Gasteiger partial charge >= 0.3 is 0 Å². The van der Waals surface area contributed by atoms with E-state index in [2.05, 4.69) is 45.3 Å². The van der Waals surface area contributed by atoms with Crippen molar-refractivity contribution < 1.29 is 9.21 Å². The highest BCUT2D eigenvalue weighted by Gasteiger charge is 2.24. The monoisotopic (exact) mass is 404 g/mol. The van der Waals surface area contributed by atoms with Gasteiger partial charge in [-0.25, -0.2) is 4.99 Å². The smallest absolute Gasteiger partial charge is 0.264 e. The summed E-state index contributed by atoms with van der Waals surface area (Å²) in [4.78, 5) is 17.1. The second-order valence-corrected chi connectivity index (χ2v) is 7.21. The molecular formula is C18H17BrN2O2S. The number of amides is 1. The average molecular weight is 405 g/mol. The summed E-state index contributed by atoms with van der Waals surface area (Å²) in [5.41, 5.74) is 2.15. The van der Waals surface area contributed by atoms with Gasteiger partial charge in [-0.1, -0.05) is 25.5 Å². The first kappa shape index (κ1) is 17.0. The highest BCUT2D eigenvalue weighted by molar-refractivity contribution is 9.10. The number of thioether (sulfide) groups is 1. The number of carbonyl (C=O) groups excluding carboxylic acids is 1. The molecule has 1 aliphatic rings. The van der Waals surface area contributed by atoms with E-state index >= 15 is 0 Å². The van der Waals surface area contributed by atoms with E-state index in [1.165, 1.54) is 30.2 Å². The van der Waals surface area contributed by atoms with Crippen molar-refractivity contribution in [2.24, 2.45) is 4.99 Å². The second kappa shape index (κ2) is 7.85. The van der Waals surface area contributed by atoms with Crippen LogP contribution >= 0.6 is 27.7 Å². The Morgan fingerprint density at radius 2 is 2.04 bits per heavy atom. The third kappa shape index (κ3) is 4.39. The van der Waals surface area contributed by atoms with Gasteiger partial charge in [-0.3, -0.25) is 4.79 Å². The number of hydrogen-bond acceptors (Lipinski definition) is 4. The minimum atomic E-state index is -0.161. The predicted molar refractivity (Wildman–Crippen MR) is 102 cm³/mol. The number of furan rings is 1. The van der Waals surface area contributed by atoms with Gasteiger partial charge in [0.1, 0.15) is 5.76 Å². The lowest BCUT2D eigenvalue weighted by atomic mass is 10.1. The molecule has 24 heavy (non-hydrogen) atoms. The number of benzene rings is 1. The van der Waals surface area contributed by atoms with Crippen molar-refractivity contribution in [2.75, 3.05) is 0 Å². The SMILES string of the molecule is CCCCc1ccc(N=C2NC(=O)/C(=C\c3ccc(Br)o3)S2)cc1. The van der Waals surface area contributed by atoms with Crippen LogP contribution < -0.4 is 5.32 Å². The Morgan fingerprint density at radius 3 is 2.71 bits per heavy atom. The quantitative estimate of drug-likeness (QED) is 0.689. The molecule has 2 heterocycles. The molecular weight excluding hydrogens is 388 g/mol. The van der Waals surface area contributed by atoms with Crippen molar-refractivity contribution in [2.45, 2.75) is 26.2 Å². The number of unbranched alkanes of at least 4 members (excludes halogenated alkanes) is 1. The number of carbonyl (C=O) groups is 1. The van der Waals surface area contributed by atoms with Crippen LogP contribution in [0.25, 0.3) is 6.08 Å². The Balaban J connectivity index is 1.70. The minimum absolute atomic E-state index is 0.161. The largest absolute Gasteiger partial charge is 0.450 e. The number of rotatable bonds is 5. The van der Waals surface area contributed by atoms with E-state index in [0.717, 1.165) is 12.1 Å². The number of nitrogens with zero attached hydrogens (tertiary/aromatic N) is 1. The summed E-state index contributed by atoms with van der Waals surface area (Å²) in [5, 5.41) is 3.36. The van der Waals surface area contributed by atoms with E-state index in [4.69, 9.17) is 4.42 Å². The Morgan fingerprint density at radius 1 is 1.25 bits per heavy atom. The highest BCUT2D eigenvalue weighted by Crippen LogP contribution is 2.29. The third-order valence-electron chi connectivity index (χ3n) is 3.50. The molecule has 124 valence electrons. The van der Waals surface area contributed by atoms with Crippen LogP contribution in [0.1, 0.15) is 31.1 Å². The minimum Gasteiger partial charge on any atom is -0.450 e. The predicted octanol–water partition coefficient (Wildman–Crippen LogP) is 5.28. The third-order valence-corrected chi connectivity index (χ3v) is 4.84. The van der Waals surface area contributed by atoms with Crippen molar-refractivity contribution in [1.82, 2.24) is 5.32 Å². The number of aryl methyl sites for hydroxylation is 1. The van der Waals surface area contributed by atoms with Gasteiger partial charge < -0.3 is 9.73 Å². The lowest BCUT2D eigenvalue weighted by Gasteiger charge is -2.01. The lowest BCUT2D eigenvalue weighted by Crippen LogP contribution is -2.19. The molecule has 1 amide bonds. The number of amidine groups is 1. The fourth-order valence-corrected chi connectivity index (χ4v) is 3.39. The zero-order valence-corrected chi connectivity index (χ0v) is 15.6. The highest BCUT2D eigenvalue weighted by atomic mass is 79.9. The Hall–Kier alpha value is -1.79. The normalized spacial score (nSPS) is 17.7. The molecule has 1 aliphatic heterocycles. The summed E-state index contributed by atoms with van der Waals surface area (Å²) in [5.74, 6) is 0.465. The van der Waals surface area contributed by atoms with Gasteiger partial charge in [0.05, 0.1) is 10.6 Å². The number of hydrogen-bond donors (Lipinski definition) is 1. The van der Waals surface area contributed by atoms with Crippen molar-refractivity contribution in [1.29, 1.82) is 0 Å². The Kier molecular flexibility index (Phi) is 5.58. The molecule has 0 atom stereocenters. The van der Waals surface area contributed by atoms with Gasteiger partial charge in [0, 0.05) is 6.08 Å². The zero-order valence-electron chi connectivity index (χ0n) is 13.2. The summed E-state index contributed by atoms with van der Waals surface area (Å²) in [6.45, 7) is 2.19. The van der Waals surface area contributed by atoms with Gasteiger partial charge in [0.25, 0.3) is 5.91 Å². The van der Waals surface area contributed by atoms with E-state index in [1.54, 1.807) is 18.2 Å². The molecule has 0 saturated carbocycles. The summed E-state index contributed by atoms with van der Waals surface area (Å²) in [6, 6.07) is 11.7. The van der Waals surface area contributed by atoms with Crippen molar-refractivity contribution >= 4 is 50.5 Å². The molecule has 0 bridgehead atoms. The van der Waals surface area contributed by atoms with Gasteiger partial charge in [0.15, 0.2) is 9.84 Å². The van der Waals surface area contributed by atoms with Gasteiger partial charge in [-0.2, -0.15) is 0 Å². The van der Waals surface area contributed by atoms with E-state index < -0.39 is 0 Å². The maximum absolute atomic E-state index is 12.0. The topological polar surface area (TPSA) is 54.6 Å². The van der Waals surface area contributed by atoms with Crippen LogP contribution in [0.3, 0.4) is 0 Å². The molecule has 2 aromatic rings. The molecule has 1 fully saturated rings. The molecule has 0 aliphatic carbocycles. The first-order chi connectivity index (χ1) is 11.6. The summed E-state index contributed by atoms with van der Waals surface area (Å²) < 4.78 is 6.03. The fourth-order valence-electron chi connectivity index (χ4n) is 2.25. The molecule has 6 heteroatoms. The number of nitrogens with one attached hydrogen (secondary N) is 1. The maximum Gasteiger partial charge on any atom is 0.264 e. The van der Waals surface area contributed by atoms with Gasteiger partial charge in [-0.05, 0) is 70.4 Å². The van der Waals surface area contributed by atoms with Crippen LogP contribution in [0, 0.1) is 0 Å². The van der Waals surface area contributed by atoms with E-state index in [-0.39, 0.29) is 5.91 Å². The van der Waals surface area contributed by atoms with E-state index in [0.29, 0.717) is 20.5 Å². The van der Waals surface area contributed by atoms with Crippen LogP contribution in [0.15, 0.2) is 55.4 Å². The number of aliphatic imine (C=N–C) groups is 1. The summed E-state index contributed by atoms with van der Waals surface area (Å²) in [7, 11) is 0. The second-order valence-electron chi connectivity index (χ2n) is 5.39. The molecule has 0 radical (unpaired) electrons. The standard InChI is InChI=1S/C18H17BrN2O2S/c1-2-3-4-12-5-7-13(8-6-12)20-18-21-17(22)15(24-18)11-14-9-10-16(19)23-14/h5-11H,2-4H2,1H3,(H,20,21,22)/b15-11+. The first-order valence-corrected chi connectivity index (χ1v) is 9.39. The lowest BCUT2D eigenvalue weighted by molar-refractivity contribution is -0.115. The Bertz CT molecular complexity index is 794. The fraction of sp³-hybridized carbons (Fsp3) is 0.222. The molecule has 1 saturated heterocycles. The van der Waals surface area contributed by atoms with Crippen LogP contribution in [-0.4, -0.2) is 11.1 Å². The Labute approximate surface area is 153 Å². The first-order valence-electron chi connectivity index (χ1n) is 7.78. The van der Waals surface area contributed by atoms with Crippen molar-refractivity contribution in [3.8, 4) is 0 Å². The van der Waals surface area contributed by atoms with Crippen molar-refractivity contribution in [3.63, 3.8) is 0 Å². The van der Waals surface area contributed by atoms with Crippen LogP contribution in [0.2, 0.25) is 0 Å². The summed E-state index contributed by atoms with van der Waals surface area (Å²) >= 11 is 4.56. The zero-order chi connectivity index (χ0) is 16.9. The van der Waals surface area contributed by atoms with Gasteiger partial charge in [0.2, 0.25) is 0 Å². The van der Waals surface area contributed by atoms with Crippen molar-refractivity contribution in [3.05, 3.63) is 57.3 Å². The molecule has 1 aromatic carbocycles. The molecule has 4 nitrogen and oxygen atoms in total. The number of halogens is 1. The molecule has 1 aromatic heterocycles. The molecule has 0 spiro atoms. The van der Waals surface area contributed by atoms with Gasteiger partial charge in [-0.15, -0.1) is 0 Å². The maximum atomic E-state index is 12.0. The van der Waals surface area contributed by atoms with E-state index in [9.17, 15) is 4.79 Å². The van der Waals surface area contributed by atoms with Crippen LogP contribution in [0.5, 0.6) is 0 Å². The summed E-state index contributed by atoms with van der Waals surface area (Å²) in [6.07, 6.45) is 5.18. The molecule has 0 unspecified atom stereocenters.